The molecular formula is C26H31N3O6S. The molecule has 1 aliphatic heterocycles. The fourth-order valence-electron chi connectivity index (χ4n) is 3.64. The third-order valence-electron chi connectivity index (χ3n) is 5.44. The Balaban J connectivity index is 1.82. The average Bonchev–Trinajstić information content (AvgIpc) is 3.16. The van der Waals surface area contributed by atoms with Crippen LogP contribution in [0.2, 0.25) is 0 Å². The third-order valence-corrected chi connectivity index (χ3v) is 6.62. The minimum absolute atomic E-state index is 0.0744. The number of nitrogens with zero attached hydrogens (tertiary/aromatic N) is 2. The van der Waals surface area contributed by atoms with Crippen molar-refractivity contribution < 1.29 is 28.6 Å². The van der Waals surface area contributed by atoms with Gasteiger partial charge in [-0.2, -0.15) is 0 Å². The van der Waals surface area contributed by atoms with E-state index in [0.717, 1.165) is 5.56 Å². The van der Waals surface area contributed by atoms with Gasteiger partial charge >= 0.3 is 5.97 Å². The van der Waals surface area contributed by atoms with Crippen LogP contribution in [0.25, 0.3) is 0 Å². The Kier molecular flexibility index (Phi) is 9.75. The lowest BCUT2D eigenvalue weighted by molar-refractivity contribution is -0.129. The van der Waals surface area contributed by atoms with Crippen LogP contribution >= 0.6 is 11.8 Å². The maximum Gasteiger partial charge on any atom is 0.338 e. The number of rotatable bonds is 11. The van der Waals surface area contributed by atoms with Crippen molar-refractivity contribution in [2.24, 2.45) is 4.99 Å². The largest absolute Gasteiger partial charge is 0.493 e. The second-order valence-corrected chi connectivity index (χ2v) is 9.02. The summed E-state index contributed by atoms with van der Waals surface area (Å²) in [6.07, 6.45) is 0.631. The van der Waals surface area contributed by atoms with Crippen LogP contribution in [0.4, 0.5) is 5.69 Å². The molecule has 36 heavy (non-hydrogen) atoms. The SMILES string of the molecule is CCNC(=O)CC1SC(=Nc2ccc(C(=O)OCC)cc2)N(CCc2ccc(OC)c(OC)c2)C1=O. The van der Waals surface area contributed by atoms with Gasteiger partial charge in [-0.05, 0) is 62.2 Å². The van der Waals surface area contributed by atoms with Crippen LogP contribution in [0.15, 0.2) is 47.5 Å². The van der Waals surface area contributed by atoms with E-state index in [-0.39, 0.29) is 18.2 Å². The maximum atomic E-state index is 13.2. The molecule has 3 rings (SSSR count). The van der Waals surface area contributed by atoms with Gasteiger partial charge in [0.05, 0.1) is 32.1 Å². The molecule has 0 saturated carbocycles. The van der Waals surface area contributed by atoms with Crippen LogP contribution in [0, 0.1) is 0 Å². The Hall–Kier alpha value is -3.53. The van der Waals surface area contributed by atoms with E-state index in [4.69, 9.17) is 14.2 Å². The zero-order valence-electron chi connectivity index (χ0n) is 20.9. The first-order valence-electron chi connectivity index (χ1n) is 11.7. The zero-order valence-corrected chi connectivity index (χ0v) is 21.7. The number of ether oxygens (including phenoxy) is 3. The summed E-state index contributed by atoms with van der Waals surface area (Å²) in [5, 5.41) is 2.70. The van der Waals surface area contributed by atoms with Crippen LogP contribution < -0.4 is 14.8 Å². The zero-order chi connectivity index (χ0) is 26.1. The van der Waals surface area contributed by atoms with Gasteiger partial charge in [-0.15, -0.1) is 0 Å². The molecule has 1 aliphatic rings. The molecule has 1 saturated heterocycles. The Morgan fingerprint density at radius 3 is 2.42 bits per heavy atom. The highest BCUT2D eigenvalue weighted by molar-refractivity contribution is 8.15. The Morgan fingerprint density at radius 1 is 1.06 bits per heavy atom. The van der Waals surface area contributed by atoms with E-state index in [1.165, 1.54) is 11.8 Å². The number of benzene rings is 2. The molecule has 0 radical (unpaired) electrons. The van der Waals surface area contributed by atoms with Crippen molar-refractivity contribution in [2.75, 3.05) is 33.9 Å². The van der Waals surface area contributed by atoms with E-state index in [1.807, 2.05) is 25.1 Å². The molecule has 1 unspecified atom stereocenters. The summed E-state index contributed by atoms with van der Waals surface area (Å²) in [5.74, 6) is 0.504. The van der Waals surface area contributed by atoms with Gasteiger partial charge in [-0.25, -0.2) is 9.79 Å². The number of hydrogen-bond acceptors (Lipinski definition) is 8. The topological polar surface area (TPSA) is 107 Å². The highest BCUT2D eigenvalue weighted by atomic mass is 32.2. The second kappa shape index (κ2) is 13.0. The summed E-state index contributed by atoms with van der Waals surface area (Å²) in [6.45, 7) is 4.77. The van der Waals surface area contributed by atoms with Crippen LogP contribution in [-0.2, 0) is 20.7 Å². The number of carbonyl (C=O) groups is 3. The normalized spacial score (nSPS) is 16.2. The van der Waals surface area contributed by atoms with E-state index in [1.54, 1.807) is 50.3 Å². The summed E-state index contributed by atoms with van der Waals surface area (Å²) in [6, 6.07) is 12.3. The summed E-state index contributed by atoms with van der Waals surface area (Å²) in [7, 11) is 3.15. The standard InChI is InChI=1S/C26H31N3O6S/c1-5-27-23(30)16-22-24(31)29(14-13-17-7-12-20(33-3)21(15-17)34-4)26(36-22)28-19-10-8-18(9-11-19)25(32)35-6-2/h7-12,15,22H,5-6,13-14,16H2,1-4H3,(H,27,30). The van der Waals surface area contributed by atoms with Gasteiger partial charge in [-0.1, -0.05) is 17.8 Å². The molecule has 192 valence electrons. The molecular weight excluding hydrogens is 482 g/mol. The van der Waals surface area contributed by atoms with Crippen molar-refractivity contribution in [2.45, 2.75) is 31.9 Å². The minimum atomic E-state index is -0.556. The van der Waals surface area contributed by atoms with E-state index in [9.17, 15) is 14.4 Å². The van der Waals surface area contributed by atoms with E-state index >= 15 is 0 Å². The maximum absolute atomic E-state index is 13.2. The summed E-state index contributed by atoms with van der Waals surface area (Å²) < 4.78 is 15.7. The first kappa shape index (κ1) is 27.1. The van der Waals surface area contributed by atoms with Crippen molar-refractivity contribution >= 4 is 40.4 Å². The number of thioether (sulfide) groups is 1. The quantitative estimate of drug-likeness (QED) is 0.458. The van der Waals surface area contributed by atoms with Crippen molar-refractivity contribution in [1.29, 1.82) is 0 Å². The number of carbonyl (C=O) groups excluding carboxylic acids is 3. The molecule has 0 bridgehead atoms. The first-order chi connectivity index (χ1) is 17.4. The lowest BCUT2D eigenvalue weighted by Crippen LogP contribution is -2.36. The molecule has 0 spiro atoms. The Labute approximate surface area is 215 Å². The van der Waals surface area contributed by atoms with Crippen molar-refractivity contribution in [3.63, 3.8) is 0 Å². The lowest BCUT2D eigenvalue weighted by Gasteiger charge is -2.17. The lowest BCUT2D eigenvalue weighted by atomic mass is 10.1. The van der Waals surface area contributed by atoms with Crippen molar-refractivity contribution in [3.05, 3.63) is 53.6 Å². The molecule has 0 aromatic heterocycles. The van der Waals surface area contributed by atoms with Crippen LogP contribution in [0.5, 0.6) is 11.5 Å². The van der Waals surface area contributed by atoms with Gasteiger partial charge < -0.3 is 19.5 Å². The number of hydrogen-bond donors (Lipinski definition) is 1. The highest BCUT2D eigenvalue weighted by Crippen LogP contribution is 2.33. The van der Waals surface area contributed by atoms with E-state index < -0.39 is 11.2 Å². The van der Waals surface area contributed by atoms with Crippen molar-refractivity contribution in [3.8, 4) is 11.5 Å². The highest BCUT2D eigenvalue weighted by Gasteiger charge is 2.39. The molecule has 9 nitrogen and oxygen atoms in total. The molecule has 1 fully saturated rings. The van der Waals surface area contributed by atoms with Crippen molar-refractivity contribution in [1.82, 2.24) is 10.2 Å². The average molecular weight is 514 g/mol. The number of amides is 2. The third kappa shape index (κ3) is 6.78. The van der Waals surface area contributed by atoms with Gasteiger partial charge in [0.15, 0.2) is 16.7 Å². The Morgan fingerprint density at radius 2 is 1.78 bits per heavy atom. The van der Waals surface area contributed by atoms with E-state index in [2.05, 4.69) is 10.3 Å². The Bertz CT molecular complexity index is 1120. The number of esters is 1. The number of methoxy groups -OCH3 is 2. The number of nitrogens with one attached hydrogen (secondary N) is 1. The smallest absolute Gasteiger partial charge is 0.338 e. The minimum Gasteiger partial charge on any atom is -0.493 e. The molecule has 1 N–H and O–H groups in total. The molecule has 2 aromatic rings. The van der Waals surface area contributed by atoms with Crippen LogP contribution in [0.1, 0.15) is 36.2 Å². The summed E-state index contributed by atoms with van der Waals surface area (Å²) in [4.78, 5) is 43.6. The fraction of sp³-hybridized carbons (Fsp3) is 0.385. The van der Waals surface area contributed by atoms with Crippen LogP contribution in [-0.4, -0.2) is 67.0 Å². The van der Waals surface area contributed by atoms with Gasteiger partial charge in [-0.3, -0.25) is 14.5 Å². The van der Waals surface area contributed by atoms with Gasteiger partial charge in [0.25, 0.3) is 0 Å². The number of aliphatic imine (C=N–C) groups is 1. The predicted octanol–water partition coefficient (Wildman–Crippen LogP) is 3.58. The molecule has 10 heteroatoms. The van der Waals surface area contributed by atoms with E-state index in [0.29, 0.717) is 54.0 Å². The first-order valence-corrected chi connectivity index (χ1v) is 12.6. The van der Waals surface area contributed by atoms with Crippen LogP contribution in [0.3, 0.4) is 0 Å². The van der Waals surface area contributed by atoms with Gasteiger partial charge in [0.1, 0.15) is 5.25 Å². The summed E-state index contributed by atoms with van der Waals surface area (Å²) in [5.41, 5.74) is 1.99. The monoisotopic (exact) mass is 513 g/mol. The molecule has 2 amide bonds. The fourth-order valence-corrected chi connectivity index (χ4v) is 4.83. The van der Waals surface area contributed by atoms with Gasteiger partial charge in [0, 0.05) is 19.5 Å². The van der Waals surface area contributed by atoms with Gasteiger partial charge in [0.2, 0.25) is 11.8 Å². The molecule has 1 atom stereocenters. The molecule has 2 aromatic carbocycles. The number of amidine groups is 1. The summed E-state index contributed by atoms with van der Waals surface area (Å²) >= 11 is 1.27. The molecule has 1 heterocycles. The molecule has 0 aliphatic carbocycles. The second-order valence-electron chi connectivity index (χ2n) is 7.86. The predicted molar refractivity (Wildman–Crippen MR) is 139 cm³/mol.